The third kappa shape index (κ3) is 3.04. The molecule has 0 aromatic heterocycles. The summed E-state index contributed by atoms with van der Waals surface area (Å²) in [5.41, 5.74) is 2.02. The van der Waals surface area contributed by atoms with Gasteiger partial charge in [0, 0.05) is 12.0 Å². The number of hydrogen-bond donors (Lipinski definition) is 0. The van der Waals surface area contributed by atoms with Gasteiger partial charge in [0.1, 0.15) is 0 Å². The van der Waals surface area contributed by atoms with Gasteiger partial charge < -0.3 is 0 Å². The summed E-state index contributed by atoms with van der Waals surface area (Å²) in [6.07, 6.45) is 0.564. The Balaban J connectivity index is 2.05. The summed E-state index contributed by atoms with van der Waals surface area (Å²) < 4.78 is 0. The maximum absolute atomic E-state index is 12.0. The maximum Gasteiger partial charge on any atom is 0.163 e. The minimum Gasteiger partial charge on any atom is -0.294 e. The highest BCUT2D eigenvalue weighted by molar-refractivity contribution is 5.96. The minimum absolute atomic E-state index is 0.210. The van der Waals surface area contributed by atoms with Crippen LogP contribution in [0.4, 0.5) is 0 Å². The Morgan fingerprint density at radius 2 is 1.47 bits per heavy atom. The van der Waals surface area contributed by atoms with Crippen LogP contribution in [0.15, 0.2) is 60.7 Å². The Morgan fingerprint density at radius 3 is 2.06 bits per heavy atom. The summed E-state index contributed by atoms with van der Waals surface area (Å²) >= 11 is 0. The molecule has 0 spiro atoms. The average Bonchev–Trinajstić information content (AvgIpc) is 2.40. The molecule has 17 heavy (non-hydrogen) atoms. The lowest BCUT2D eigenvalue weighted by Gasteiger charge is -2.10. The lowest BCUT2D eigenvalue weighted by atomic mass is 9.93. The van der Waals surface area contributed by atoms with Crippen LogP contribution in [0.5, 0.6) is 0 Å². The van der Waals surface area contributed by atoms with Gasteiger partial charge in [-0.25, -0.2) is 0 Å². The Morgan fingerprint density at radius 1 is 0.941 bits per heavy atom. The van der Waals surface area contributed by atoms with Crippen LogP contribution < -0.4 is 0 Å². The zero-order valence-corrected chi connectivity index (χ0v) is 9.97. The van der Waals surface area contributed by atoms with E-state index in [0.29, 0.717) is 6.42 Å². The van der Waals surface area contributed by atoms with Gasteiger partial charge in [-0.1, -0.05) is 67.6 Å². The van der Waals surface area contributed by atoms with Crippen molar-refractivity contribution in [1.29, 1.82) is 0 Å². The monoisotopic (exact) mass is 224 g/mol. The van der Waals surface area contributed by atoms with Crippen molar-refractivity contribution in [1.82, 2.24) is 0 Å². The molecule has 0 saturated heterocycles. The largest absolute Gasteiger partial charge is 0.294 e. The van der Waals surface area contributed by atoms with Crippen molar-refractivity contribution < 1.29 is 4.79 Å². The second-order valence-electron chi connectivity index (χ2n) is 4.31. The minimum atomic E-state index is 0.210. The van der Waals surface area contributed by atoms with Gasteiger partial charge in [-0.3, -0.25) is 4.79 Å². The molecule has 0 radical (unpaired) electrons. The Kier molecular flexibility index (Phi) is 3.71. The number of carbonyl (C=O) groups is 1. The molecular formula is C16H16O. The first-order valence-corrected chi connectivity index (χ1v) is 5.90. The van der Waals surface area contributed by atoms with Gasteiger partial charge in [0.05, 0.1) is 0 Å². The standard InChI is InChI=1S/C16H16O/c1-13(14-8-4-2-5-9-14)12-16(17)15-10-6-3-7-11-15/h2-11,13H,12H2,1H3/t13-/m1/s1. The molecule has 2 aromatic rings. The van der Waals surface area contributed by atoms with Gasteiger partial charge in [-0.05, 0) is 11.5 Å². The number of benzene rings is 2. The van der Waals surface area contributed by atoms with Crippen LogP contribution in [0, 0.1) is 0 Å². The van der Waals surface area contributed by atoms with Crippen molar-refractivity contribution in [2.75, 3.05) is 0 Å². The van der Waals surface area contributed by atoms with E-state index >= 15 is 0 Å². The molecule has 1 atom stereocenters. The molecule has 0 aliphatic rings. The van der Waals surface area contributed by atoms with Crippen LogP contribution in [0.3, 0.4) is 0 Å². The Bertz CT molecular complexity index is 473. The van der Waals surface area contributed by atoms with E-state index in [0.717, 1.165) is 5.56 Å². The lowest BCUT2D eigenvalue weighted by Crippen LogP contribution is -2.04. The van der Waals surface area contributed by atoms with E-state index in [1.165, 1.54) is 5.56 Å². The molecule has 0 heterocycles. The first-order chi connectivity index (χ1) is 8.27. The van der Waals surface area contributed by atoms with E-state index in [-0.39, 0.29) is 11.7 Å². The molecule has 2 rings (SSSR count). The third-order valence-electron chi connectivity index (χ3n) is 2.96. The molecule has 0 aliphatic heterocycles. The van der Waals surface area contributed by atoms with E-state index < -0.39 is 0 Å². The van der Waals surface area contributed by atoms with Gasteiger partial charge in [0.15, 0.2) is 5.78 Å². The van der Waals surface area contributed by atoms with Crippen LogP contribution >= 0.6 is 0 Å². The molecule has 0 bridgehead atoms. The fraction of sp³-hybridized carbons (Fsp3) is 0.188. The summed E-state index contributed by atoms with van der Waals surface area (Å²) in [6.45, 7) is 2.09. The molecule has 1 heteroatoms. The van der Waals surface area contributed by atoms with Crippen LogP contribution in [0.2, 0.25) is 0 Å². The summed E-state index contributed by atoms with van der Waals surface area (Å²) in [7, 11) is 0. The van der Waals surface area contributed by atoms with Gasteiger partial charge in [0.25, 0.3) is 0 Å². The van der Waals surface area contributed by atoms with Crippen LogP contribution in [0.1, 0.15) is 35.2 Å². The van der Waals surface area contributed by atoms with Crippen molar-refractivity contribution in [3.8, 4) is 0 Å². The predicted octanol–water partition coefficient (Wildman–Crippen LogP) is 4.06. The van der Waals surface area contributed by atoms with Crippen molar-refractivity contribution in [2.24, 2.45) is 0 Å². The van der Waals surface area contributed by atoms with E-state index in [9.17, 15) is 4.79 Å². The molecular weight excluding hydrogens is 208 g/mol. The van der Waals surface area contributed by atoms with E-state index in [2.05, 4.69) is 19.1 Å². The van der Waals surface area contributed by atoms with Gasteiger partial charge in [0.2, 0.25) is 0 Å². The zero-order chi connectivity index (χ0) is 12.1. The molecule has 0 amide bonds. The van der Waals surface area contributed by atoms with Crippen molar-refractivity contribution in [2.45, 2.75) is 19.3 Å². The molecule has 2 aromatic carbocycles. The summed E-state index contributed by atoms with van der Waals surface area (Å²) in [5.74, 6) is 0.478. The quantitative estimate of drug-likeness (QED) is 0.716. The summed E-state index contributed by atoms with van der Waals surface area (Å²) in [4.78, 5) is 12.0. The first kappa shape index (κ1) is 11.6. The molecule has 0 saturated carbocycles. The first-order valence-electron chi connectivity index (χ1n) is 5.90. The maximum atomic E-state index is 12.0. The number of hydrogen-bond acceptors (Lipinski definition) is 1. The molecule has 0 N–H and O–H groups in total. The van der Waals surface area contributed by atoms with Gasteiger partial charge in [-0.2, -0.15) is 0 Å². The highest BCUT2D eigenvalue weighted by Gasteiger charge is 2.12. The molecule has 86 valence electrons. The SMILES string of the molecule is C[C@H](CC(=O)c1ccccc1)c1ccccc1. The second kappa shape index (κ2) is 5.44. The zero-order valence-electron chi connectivity index (χ0n) is 9.97. The van der Waals surface area contributed by atoms with Gasteiger partial charge >= 0.3 is 0 Å². The molecule has 1 nitrogen and oxygen atoms in total. The third-order valence-corrected chi connectivity index (χ3v) is 2.96. The molecule has 0 unspecified atom stereocenters. The number of rotatable bonds is 4. The Hall–Kier alpha value is -1.89. The summed E-state index contributed by atoms with van der Waals surface area (Å²) in [5, 5.41) is 0. The van der Waals surface area contributed by atoms with E-state index in [4.69, 9.17) is 0 Å². The number of ketones is 1. The second-order valence-corrected chi connectivity index (χ2v) is 4.31. The number of carbonyl (C=O) groups excluding carboxylic acids is 1. The fourth-order valence-corrected chi connectivity index (χ4v) is 1.92. The van der Waals surface area contributed by atoms with Crippen molar-refractivity contribution in [3.63, 3.8) is 0 Å². The van der Waals surface area contributed by atoms with E-state index in [1.807, 2.05) is 48.5 Å². The lowest BCUT2D eigenvalue weighted by molar-refractivity contribution is 0.0975. The van der Waals surface area contributed by atoms with Crippen molar-refractivity contribution in [3.05, 3.63) is 71.8 Å². The predicted molar refractivity (Wildman–Crippen MR) is 70.2 cm³/mol. The smallest absolute Gasteiger partial charge is 0.163 e. The average molecular weight is 224 g/mol. The molecule has 0 fully saturated rings. The van der Waals surface area contributed by atoms with Crippen molar-refractivity contribution >= 4 is 5.78 Å². The number of Topliss-reactive ketones (excluding diaryl/α,β-unsaturated/α-hetero) is 1. The van der Waals surface area contributed by atoms with E-state index in [1.54, 1.807) is 0 Å². The topological polar surface area (TPSA) is 17.1 Å². The fourth-order valence-electron chi connectivity index (χ4n) is 1.92. The summed E-state index contributed by atoms with van der Waals surface area (Å²) in [6, 6.07) is 19.6. The highest BCUT2D eigenvalue weighted by Crippen LogP contribution is 2.20. The highest BCUT2D eigenvalue weighted by atomic mass is 16.1. The van der Waals surface area contributed by atoms with Crippen LogP contribution in [0.25, 0.3) is 0 Å². The van der Waals surface area contributed by atoms with Crippen LogP contribution in [-0.2, 0) is 0 Å². The normalized spacial score (nSPS) is 12.1. The Labute approximate surface area is 102 Å². The van der Waals surface area contributed by atoms with Gasteiger partial charge in [-0.15, -0.1) is 0 Å². The van der Waals surface area contributed by atoms with Crippen LogP contribution in [-0.4, -0.2) is 5.78 Å². The molecule has 0 aliphatic carbocycles.